The Morgan fingerprint density at radius 1 is 1.05 bits per heavy atom. The van der Waals surface area contributed by atoms with Crippen molar-refractivity contribution in [1.29, 1.82) is 0 Å². The van der Waals surface area contributed by atoms with Crippen LogP contribution in [0.5, 0.6) is 0 Å². The summed E-state index contributed by atoms with van der Waals surface area (Å²) in [6.45, 7) is 3.53. The molecular formula is C17H19F2N. The van der Waals surface area contributed by atoms with Gasteiger partial charge in [0.05, 0.1) is 5.69 Å². The molecule has 0 aromatic heterocycles. The summed E-state index contributed by atoms with van der Waals surface area (Å²) in [6, 6.07) is 12.6. The topological polar surface area (TPSA) is 12.0 Å². The van der Waals surface area contributed by atoms with Crippen molar-refractivity contribution in [2.45, 2.75) is 32.7 Å². The highest BCUT2D eigenvalue weighted by Crippen LogP contribution is 2.20. The number of hydrogen-bond acceptors (Lipinski definition) is 1. The number of anilines is 1. The Kier molecular flexibility index (Phi) is 4.72. The fraction of sp³-hybridized carbons (Fsp3) is 0.294. The van der Waals surface area contributed by atoms with Gasteiger partial charge in [-0.3, -0.25) is 0 Å². The lowest BCUT2D eigenvalue weighted by molar-refractivity contribution is 0.590. The van der Waals surface area contributed by atoms with Gasteiger partial charge in [-0.25, -0.2) is 8.78 Å². The summed E-state index contributed by atoms with van der Waals surface area (Å²) in [6.07, 6.45) is 1.77. The first-order chi connectivity index (χ1) is 9.56. The molecule has 1 nitrogen and oxygen atoms in total. The molecule has 0 spiro atoms. The van der Waals surface area contributed by atoms with E-state index in [-0.39, 0.29) is 17.5 Å². The van der Waals surface area contributed by atoms with E-state index in [0.29, 0.717) is 5.56 Å². The first kappa shape index (κ1) is 14.5. The molecule has 0 aliphatic rings. The lowest BCUT2D eigenvalue weighted by Crippen LogP contribution is -2.17. The lowest BCUT2D eigenvalue weighted by Gasteiger charge is -2.16. The maximum absolute atomic E-state index is 13.7. The van der Waals surface area contributed by atoms with Gasteiger partial charge in [-0.2, -0.15) is 0 Å². The van der Waals surface area contributed by atoms with Gasteiger partial charge in [0.1, 0.15) is 11.6 Å². The van der Waals surface area contributed by atoms with Crippen molar-refractivity contribution < 1.29 is 8.78 Å². The van der Waals surface area contributed by atoms with E-state index >= 15 is 0 Å². The van der Waals surface area contributed by atoms with E-state index in [1.165, 1.54) is 17.7 Å². The van der Waals surface area contributed by atoms with Gasteiger partial charge < -0.3 is 5.32 Å². The molecule has 0 aliphatic carbocycles. The van der Waals surface area contributed by atoms with Crippen molar-refractivity contribution in [3.8, 4) is 0 Å². The molecule has 0 radical (unpaired) electrons. The van der Waals surface area contributed by atoms with Gasteiger partial charge in [-0.05, 0) is 43.9 Å². The van der Waals surface area contributed by atoms with Crippen LogP contribution in [0.4, 0.5) is 14.5 Å². The second-order valence-electron chi connectivity index (χ2n) is 5.15. The maximum atomic E-state index is 13.7. The smallest absolute Gasteiger partial charge is 0.146 e. The molecule has 1 N–H and O–H groups in total. The van der Waals surface area contributed by atoms with Gasteiger partial charge in [0.15, 0.2) is 0 Å². The van der Waals surface area contributed by atoms with Crippen molar-refractivity contribution in [3.05, 3.63) is 65.2 Å². The van der Waals surface area contributed by atoms with Crippen LogP contribution in [0.25, 0.3) is 0 Å². The van der Waals surface area contributed by atoms with E-state index in [1.807, 2.05) is 25.1 Å². The molecule has 3 heteroatoms. The molecule has 0 aliphatic heterocycles. The van der Waals surface area contributed by atoms with E-state index in [9.17, 15) is 8.78 Å². The molecule has 1 unspecified atom stereocenters. The first-order valence-electron chi connectivity index (χ1n) is 6.82. The maximum Gasteiger partial charge on any atom is 0.146 e. The molecule has 106 valence electrons. The number of benzene rings is 2. The molecule has 0 bridgehead atoms. The fourth-order valence-corrected chi connectivity index (χ4v) is 2.12. The van der Waals surface area contributed by atoms with E-state index in [4.69, 9.17) is 0 Å². The van der Waals surface area contributed by atoms with Gasteiger partial charge in [0.2, 0.25) is 0 Å². The van der Waals surface area contributed by atoms with Crippen LogP contribution < -0.4 is 5.32 Å². The summed E-state index contributed by atoms with van der Waals surface area (Å²) in [5, 5.41) is 3.03. The summed E-state index contributed by atoms with van der Waals surface area (Å²) in [4.78, 5) is 0. The molecule has 0 fully saturated rings. The average Bonchev–Trinajstić information content (AvgIpc) is 2.44. The van der Waals surface area contributed by atoms with Gasteiger partial charge in [0, 0.05) is 12.1 Å². The number of hydrogen-bond donors (Lipinski definition) is 1. The zero-order chi connectivity index (χ0) is 14.5. The third-order valence-corrected chi connectivity index (χ3v) is 3.36. The van der Waals surface area contributed by atoms with Gasteiger partial charge in [-0.1, -0.05) is 30.3 Å². The normalized spacial score (nSPS) is 12.2. The standard InChI is InChI=1S/C17H19F2N/c1-12-10-16(19)17(11-15(12)18)20-13(2)8-9-14-6-4-3-5-7-14/h3-7,10-11,13,20H,8-9H2,1-2H3. The van der Waals surface area contributed by atoms with E-state index in [1.54, 1.807) is 6.92 Å². The van der Waals surface area contributed by atoms with E-state index in [2.05, 4.69) is 17.4 Å². The molecule has 2 rings (SSSR count). The van der Waals surface area contributed by atoms with Gasteiger partial charge in [0.25, 0.3) is 0 Å². The quantitative estimate of drug-likeness (QED) is 0.833. The van der Waals surface area contributed by atoms with Crippen LogP contribution in [0.1, 0.15) is 24.5 Å². The SMILES string of the molecule is Cc1cc(F)c(NC(C)CCc2ccccc2)cc1F. The Hall–Kier alpha value is -1.90. The number of nitrogens with one attached hydrogen (secondary N) is 1. The third kappa shape index (κ3) is 3.80. The van der Waals surface area contributed by atoms with Crippen LogP contribution >= 0.6 is 0 Å². The third-order valence-electron chi connectivity index (χ3n) is 3.36. The van der Waals surface area contributed by atoms with Crippen molar-refractivity contribution in [2.75, 3.05) is 5.32 Å². The summed E-state index contributed by atoms with van der Waals surface area (Å²) in [7, 11) is 0. The summed E-state index contributed by atoms with van der Waals surface area (Å²) in [5.41, 5.74) is 1.80. The van der Waals surface area contributed by atoms with Crippen molar-refractivity contribution >= 4 is 5.69 Å². The lowest BCUT2D eigenvalue weighted by atomic mass is 10.1. The minimum absolute atomic E-state index is 0.0758. The molecule has 1 atom stereocenters. The molecule has 2 aromatic carbocycles. The fourth-order valence-electron chi connectivity index (χ4n) is 2.12. The monoisotopic (exact) mass is 275 g/mol. The Bertz CT molecular complexity index is 567. The predicted molar refractivity (Wildman–Crippen MR) is 78.9 cm³/mol. The van der Waals surface area contributed by atoms with Crippen LogP contribution in [0.15, 0.2) is 42.5 Å². The van der Waals surface area contributed by atoms with E-state index < -0.39 is 5.82 Å². The highest BCUT2D eigenvalue weighted by atomic mass is 19.1. The largest absolute Gasteiger partial charge is 0.380 e. The molecule has 0 heterocycles. The molecular weight excluding hydrogens is 256 g/mol. The summed E-state index contributed by atoms with van der Waals surface area (Å²) >= 11 is 0. The molecule has 20 heavy (non-hydrogen) atoms. The van der Waals surface area contributed by atoms with E-state index in [0.717, 1.165) is 12.8 Å². The van der Waals surface area contributed by atoms with Crippen LogP contribution in [-0.2, 0) is 6.42 Å². The van der Waals surface area contributed by atoms with Crippen LogP contribution in [0.2, 0.25) is 0 Å². The highest BCUT2D eigenvalue weighted by molar-refractivity contribution is 5.47. The Morgan fingerprint density at radius 3 is 2.45 bits per heavy atom. The molecule has 0 amide bonds. The van der Waals surface area contributed by atoms with Gasteiger partial charge >= 0.3 is 0 Å². The first-order valence-corrected chi connectivity index (χ1v) is 6.82. The van der Waals surface area contributed by atoms with Crippen molar-refractivity contribution in [3.63, 3.8) is 0 Å². The average molecular weight is 275 g/mol. The summed E-state index contributed by atoms with van der Waals surface area (Å²) in [5.74, 6) is -0.792. The number of halogens is 2. The second kappa shape index (κ2) is 6.51. The number of rotatable bonds is 5. The Morgan fingerprint density at radius 2 is 1.75 bits per heavy atom. The minimum atomic E-state index is -0.407. The van der Waals surface area contributed by atoms with Crippen LogP contribution in [0.3, 0.4) is 0 Å². The number of aryl methyl sites for hydroxylation is 2. The Labute approximate surface area is 118 Å². The molecule has 0 saturated heterocycles. The highest BCUT2D eigenvalue weighted by Gasteiger charge is 2.10. The minimum Gasteiger partial charge on any atom is -0.380 e. The van der Waals surface area contributed by atoms with Crippen molar-refractivity contribution in [2.24, 2.45) is 0 Å². The Balaban J connectivity index is 1.95. The van der Waals surface area contributed by atoms with Crippen molar-refractivity contribution in [1.82, 2.24) is 0 Å². The predicted octanol–water partition coefficient (Wildman–Crippen LogP) is 4.71. The zero-order valence-corrected chi connectivity index (χ0v) is 11.8. The second-order valence-corrected chi connectivity index (χ2v) is 5.15. The summed E-state index contributed by atoms with van der Waals surface area (Å²) < 4.78 is 27.2. The van der Waals surface area contributed by atoms with Gasteiger partial charge in [-0.15, -0.1) is 0 Å². The van der Waals surface area contributed by atoms with Crippen LogP contribution in [-0.4, -0.2) is 6.04 Å². The molecule has 0 saturated carbocycles. The molecule has 2 aromatic rings. The zero-order valence-electron chi connectivity index (χ0n) is 11.8. The van der Waals surface area contributed by atoms with Crippen LogP contribution in [0, 0.1) is 18.6 Å².